The van der Waals surface area contributed by atoms with Gasteiger partial charge in [-0.3, -0.25) is 5.32 Å². The predicted octanol–water partition coefficient (Wildman–Crippen LogP) is 2.01. The van der Waals surface area contributed by atoms with Crippen molar-refractivity contribution in [3.8, 4) is 0 Å². The normalized spacial score (nSPS) is 10.2. The third-order valence-corrected chi connectivity index (χ3v) is 2.62. The summed E-state index contributed by atoms with van der Waals surface area (Å²) < 4.78 is 6.38. The van der Waals surface area contributed by atoms with E-state index < -0.39 is 12.1 Å². The van der Waals surface area contributed by atoms with Gasteiger partial charge < -0.3 is 14.4 Å². The number of aromatic nitrogens is 2. The largest absolute Gasteiger partial charge is 0.478 e. The standard InChI is InChI=1S/C13H13N3O4/c1-3-4-20-13(19)15-8-5-9(12(17)18)11-10(6-8)14-7-16(11)2/h3,5-7H,1,4H2,2H3,(H,15,19)(H,17,18). The number of nitrogens with one attached hydrogen (secondary N) is 1. The van der Waals surface area contributed by atoms with Crippen molar-refractivity contribution >= 4 is 28.8 Å². The first-order valence-electron chi connectivity index (χ1n) is 5.76. The van der Waals surface area contributed by atoms with Crippen LogP contribution in [0.15, 0.2) is 31.1 Å². The fourth-order valence-corrected chi connectivity index (χ4v) is 1.82. The Morgan fingerprint density at radius 3 is 2.95 bits per heavy atom. The number of amides is 1. The van der Waals surface area contributed by atoms with Crippen LogP contribution in [0.25, 0.3) is 11.0 Å². The average molecular weight is 275 g/mol. The van der Waals surface area contributed by atoms with E-state index >= 15 is 0 Å². The summed E-state index contributed by atoms with van der Waals surface area (Å²) in [5.74, 6) is -1.10. The van der Waals surface area contributed by atoms with Crippen LogP contribution in [0.1, 0.15) is 10.4 Å². The van der Waals surface area contributed by atoms with Crippen molar-refractivity contribution in [2.75, 3.05) is 11.9 Å². The van der Waals surface area contributed by atoms with Crippen LogP contribution in [-0.4, -0.2) is 33.3 Å². The number of benzene rings is 1. The predicted molar refractivity (Wildman–Crippen MR) is 72.8 cm³/mol. The number of hydrogen-bond acceptors (Lipinski definition) is 4. The Morgan fingerprint density at radius 1 is 1.55 bits per heavy atom. The fraction of sp³-hybridized carbons (Fsp3) is 0.154. The Kier molecular flexibility index (Phi) is 3.69. The molecule has 1 aromatic heterocycles. The quantitative estimate of drug-likeness (QED) is 0.832. The van der Waals surface area contributed by atoms with Crippen LogP contribution >= 0.6 is 0 Å². The first-order chi connectivity index (χ1) is 9.52. The number of carboxylic acid groups (broad SMARTS) is 1. The first kappa shape index (κ1) is 13.6. The van der Waals surface area contributed by atoms with E-state index in [1.54, 1.807) is 17.7 Å². The molecule has 1 amide bonds. The number of carbonyl (C=O) groups excluding carboxylic acids is 1. The van der Waals surface area contributed by atoms with Crippen LogP contribution in [0.4, 0.5) is 10.5 Å². The first-order valence-corrected chi connectivity index (χ1v) is 5.76. The maximum Gasteiger partial charge on any atom is 0.411 e. The van der Waals surface area contributed by atoms with E-state index in [4.69, 9.17) is 4.74 Å². The average Bonchev–Trinajstić information content (AvgIpc) is 2.77. The van der Waals surface area contributed by atoms with E-state index in [-0.39, 0.29) is 12.2 Å². The minimum atomic E-state index is -1.10. The van der Waals surface area contributed by atoms with Crippen molar-refractivity contribution in [2.45, 2.75) is 0 Å². The van der Waals surface area contributed by atoms with Crippen LogP contribution in [0.3, 0.4) is 0 Å². The van der Waals surface area contributed by atoms with Gasteiger partial charge in [-0.05, 0) is 12.1 Å². The number of anilines is 1. The summed E-state index contributed by atoms with van der Waals surface area (Å²) >= 11 is 0. The molecule has 0 radical (unpaired) electrons. The molecular weight excluding hydrogens is 262 g/mol. The van der Waals surface area contributed by atoms with Crippen molar-refractivity contribution in [1.29, 1.82) is 0 Å². The maximum atomic E-state index is 11.4. The molecule has 2 N–H and O–H groups in total. The minimum absolute atomic E-state index is 0.0570. The van der Waals surface area contributed by atoms with Gasteiger partial charge in [0.2, 0.25) is 0 Å². The Balaban J connectivity index is 2.38. The molecule has 2 rings (SSSR count). The molecule has 0 bridgehead atoms. The van der Waals surface area contributed by atoms with Crippen LogP contribution in [-0.2, 0) is 11.8 Å². The SMILES string of the molecule is C=CCOC(=O)Nc1cc(C(=O)O)c2c(c1)ncn2C. The van der Waals surface area contributed by atoms with Crippen LogP contribution in [0, 0.1) is 0 Å². The second-order valence-electron chi connectivity index (χ2n) is 4.06. The van der Waals surface area contributed by atoms with Gasteiger partial charge in [0.05, 0.1) is 22.9 Å². The van der Waals surface area contributed by atoms with Crippen molar-refractivity contribution in [2.24, 2.45) is 7.05 Å². The van der Waals surface area contributed by atoms with E-state index in [1.807, 2.05) is 0 Å². The number of carbonyl (C=O) groups is 2. The maximum absolute atomic E-state index is 11.4. The summed E-state index contributed by atoms with van der Waals surface area (Å²) in [6.07, 6.45) is 2.26. The van der Waals surface area contributed by atoms with Crippen LogP contribution in [0.5, 0.6) is 0 Å². The molecule has 7 nitrogen and oxygen atoms in total. The molecule has 0 atom stereocenters. The molecular formula is C13H13N3O4. The number of carboxylic acids is 1. The molecule has 1 heterocycles. The summed E-state index contributed by atoms with van der Waals surface area (Å²) in [5.41, 5.74) is 1.33. The third kappa shape index (κ3) is 2.61. The molecule has 1 aromatic carbocycles. The van der Waals surface area contributed by atoms with E-state index in [2.05, 4.69) is 16.9 Å². The second-order valence-corrected chi connectivity index (χ2v) is 4.06. The zero-order valence-corrected chi connectivity index (χ0v) is 10.8. The number of fused-ring (bicyclic) bond motifs is 1. The number of imidazole rings is 1. The van der Waals surface area contributed by atoms with Crippen LogP contribution < -0.4 is 5.32 Å². The highest BCUT2D eigenvalue weighted by atomic mass is 16.5. The van der Waals surface area contributed by atoms with Gasteiger partial charge in [0.1, 0.15) is 6.61 Å². The molecule has 0 aliphatic heterocycles. The van der Waals surface area contributed by atoms with Crippen molar-refractivity contribution < 1.29 is 19.4 Å². The van der Waals surface area contributed by atoms with Crippen molar-refractivity contribution in [1.82, 2.24) is 9.55 Å². The van der Waals surface area contributed by atoms with E-state index in [9.17, 15) is 14.7 Å². The lowest BCUT2D eigenvalue weighted by Crippen LogP contribution is -2.14. The molecule has 0 aliphatic rings. The summed E-state index contributed by atoms with van der Waals surface area (Å²) in [5, 5.41) is 11.7. The number of aromatic carboxylic acids is 1. The molecule has 0 unspecified atom stereocenters. The van der Waals surface area contributed by atoms with E-state index in [1.165, 1.54) is 18.5 Å². The molecule has 0 saturated heterocycles. The van der Waals surface area contributed by atoms with Gasteiger partial charge in [-0.1, -0.05) is 12.7 Å². The monoisotopic (exact) mass is 275 g/mol. The Hall–Kier alpha value is -2.83. The second kappa shape index (κ2) is 5.43. The number of nitrogens with zero attached hydrogens (tertiary/aromatic N) is 2. The molecule has 20 heavy (non-hydrogen) atoms. The molecule has 0 saturated carbocycles. The highest BCUT2D eigenvalue weighted by Gasteiger charge is 2.15. The topological polar surface area (TPSA) is 93.4 Å². The van der Waals surface area contributed by atoms with Gasteiger partial charge in [-0.2, -0.15) is 0 Å². The van der Waals surface area contributed by atoms with E-state index in [0.29, 0.717) is 16.7 Å². The molecule has 0 fully saturated rings. The van der Waals surface area contributed by atoms with Gasteiger partial charge in [0, 0.05) is 12.7 Å². The summed E-state index contributed by atoms with van der Waals surface area (Å²) in [6.45, 7) is 3.50. The molecule has 0 aliphatic carbocycles. The van der Waals surface area contributed by atoms with Gasteiger partial charge >= 0.3 is 12.1 Å². The highest BCUT2D eigenvalue weighted by molar-refractivity contribution is 6.04. The number of rotatable bonds is 4. The molecule has 104 valence electrons. The van der Waals surface area contributed by atoms with Gasteiger partial charge in [-0.25, -0.2) is 14.6 Å². The lowest BCUT2D eigenvalue weighted by Gasteiger charge is -2.07. The number of hydrogen-bond donors (Lipinski definition) is 2. The lowest BCUT2D eigenvalue weighted by molar-refractivity contribution is 0.0698. The number of aryl methyl sites for hydroxylation is 1. The number of ether oxygens (including phenoxy) is 1. The summed E-state index contributed by atoms with van der Waals surface area (Å²) in [4.78, 5) is 26.8. The van der Waals surface area contributed by atoms with Crippen molar-refractivity contribution in [3.63, 3.8) is 0 Å². The fourth-order valence-electron chi connectivity index (χ4n) is 1.82. The van der Waals surface area contributed by atoms with Gasteiger partial charge in [0.25, 0.3) is 0 Å². The molecule has 0 spiro atoms. The van der Waals surface area contributed by atoms with E-state index in [0.717, 1.165) is 0 Å². The minimum Gasteiger partial charge on any atom is -0.478 e. The zero-order chi connectivity index (χ0) is 14.7. The van der Waals surface area contributed by atoms with Gasteiger partial charge in [-0.15, -0.1) is 0 Å². The highest BCUT2D eigenvalue weighted by Crippen LogP contribution is 2.23. The zero-order valence-electron chi connectivity index (χ0n) is 10.8. The molecule has 2 aromatic rings. The Labute approximate surface area is 114 Å². The Bertz CT molecular complexity index is 690. The third-order valence-electron chi connectivity index (χ3n) is 2.62. The van der Waals surface area contributed by atoms with Crippen LogP contribution in [0.2, 0.25) is 0 Å². The Morgan fingerprint density at radius 2 is 2.30 bits per heavy atom. The smallest absolute Gasteiger partial charge is 0.411 e. The summed E-state index contributed by atoms with van der Waals surface area (Å²) in [6, 6.07) is 2.94. The molecule has 7 heteroatoms. The van der Waals surface area contributed by atoms with Crippen molar-refractivity contribution in [3.05, 3.63) is 36.7 Å². The van der Waals surface area contributed by atoms with Gasteiger partial charge in [0.15, 0.2) is 0 Å². The lowest BCUT2D eigenvalue weighted by atomic mass is 10.1. The summed E-state index contributed by atoms with van der Waals surface area (Å²) in [7, 11) is 1.70.